The fourth-order valence-corrected chi connectivity index (χ4v) is 2.15. The van der Waals surface area contributed by atoms with E-state index in [9.17, 15) is 4.39 Å². The molecule has 1 rings (SSSR count). The second kappa shape index (κ2) is 9.29. The van der Waals surface area contributed by atoms with Crippen molar-refractivity contribution in [3.8, 4) is 0 Å². The Kier molecular flexibility index (Phi) is 8.03. The molecule has 0 heterocycles. The van der Waals surface area contributed by atoms with Gasteiger partial charge in [0.15, 0.2) is 0 Å². The van der Waals surface area contributed by atoms with Gasteiger partial charge in [-0.05, 0) is 56.5 Å². The van der Waals surface area contributed by atoms with Crippen molar-refractivity contribution in [1.29, 1.82) is 0 Å². The molecule has 0 aromatic heterocycles. The molecule has 0 bridgehead atoms. The molecule has 0 aliphatic heterocycles. The molecule has 0 aliphatic rings. The molecule has 0 saturated heterocycles. The Hall–Kier alpha value is -0.640. The summed E-state index contributed by atoms with van der Waals surface area (Å²) >= 11 is 5.92. The molecule has 1 aromatic rings. The summed E-state index contributed by atoms with van der Waals surface area (Å²) in [6.45, 7) is 6.43. The monoisotopic (exact) mass is 287 g/mol. The van der Waals surface area contributed by atoms with Gasteiger partial charge < -0.3 is 10.1 Å². The van der Waals surface area contributed by atoms with E-state index in [-0.39, 0.29) is 11.9 Å². The first kappa shape index (κ1) is 16.4. The van der Waals surface area contributed by atoms with Gasteiger partial charge in [0.25, 0.3) is 0 Å². The molecule has 108 valence electrons. The van der Waals surface area contributed by atoms with Crippen molar-refractivity contribution in [2.45, 2.75) is 39.2 Å². The lowest BCUT2D eigenvalue weighted by molar-refractivity contribution is 0.136. The summed E-state index contributed by atoms with van der Waals surface area (Å²) in [7, 11) is 0. The van der Waals surface area contributed by atoms with Crippen LogP contribution >= 0.6 is 11.6 Å². The smallest absolute Gasteiger partial charge is 0.126 e. The molecule has 1 atom stereocenters. The highest BCUT2D eigenvalue weighted by Gasteiger charge is 2.12. The fraction of sp³-hybridized carbons (Fsp3) is 0.600. The van der Waals surface area contributed by atoms with Crippen LogP contribution in [0.2, 0.25) is 5.02 Å². The van der Waals surface area contributed by atoms with Crippen LogP contribution in [0, 0.1) is 5.82 Å². The van der Waals surface area contributed by atoms with Crippen molar-refractivity contribution in [3.05, 3.63) is 34.6 Å². The second-order valence-electron chi connectivity index (χ2n) is 4.58. The fourth-order valence-electron chi connectivity index (χ4n) is 1.96. The Morgan fingerprint density at radius 2 is 2.16 bits per heavy atom. The van der Waals surface area contributed by atoms with E-state index in [0.29, 0.717) is 30.2 Å². The van der Waals surface area contributed by atoms with Crippen molar-refractivity contribution in [2.24, 2.45) is 0 Å². The van der Waals surface area contributed by atoms with Crippen molar-refractivity contribution in [2.75, 3.05) is 19.8 Å². The van der Waals surface area contributed by atoms with E-state index in [1.807, 2.05) is 6.92 Å². The van der Waals surface area contributed by atoms with Crippen LogP contribution < -0.4 is 5.32 Å². The lowest BCUT2D eigenvalue weighted by atomic mass is 10.0. The molecule has 0 aliphatic carbocycles. The van der Waals surface area contributed by atoms with E-state index in [1.165, 1.54) is 6.07 Å². The van der Waals surface area contributed by atoms with Gasteiger partial charge in [-0.2, -0.15) is 0 Å². The molecular weight excluding hydrogens is 265 g/mol. The molecule has 2 nitrogen and oxygen atoms in total. The average Bonchev–Trinajstić information content (AvgIpc) is 2.40. The minimum atomic E-state index is -0.191. The normalized spacial score (nSPS) is 12.6. The number of halogens is 2. The minimum Gasteiger partial charge on any atom is -0.382 e. The third-order valence-electron chi connectivity index (χ3n) is 2.97. The van der Waals surface area contributed by atoms with Gasteiger partial charge >= 0.3 is 0 Å². The Bertz CT molecular complexity index is 373. The zero-order chi connectivity index (χ0) is 14.1. The highest BCUT2D eigenvalue weighted by Crippen LogP contribution is 2.17. The van der Waals surface area contributed by atoms with Gasteiger partial charge in [-0.3, -0.25) is 0 Å². The first-order chi connectivity index (χ1) is 9.17. The van der Waals surface area contributed by atoms with E-state index in [0.717, 1.165) is 19.4 Å². The number of hydrogen-bond donors (Lipinski definition) is 1. The van der Waals surface area contributed by atoms with Crippen LogP contribution in [-0.2, 0) is 11.2 Å². The van der Waals surface area contributed by atoms with Crippen LogP contribution in [0.15, 0.2) is 18.2 Å². The Balaban J connectivity index is 2.61. The Labute approximate surface area is 120 Å². The quantitative estimate of drug-likeness (QED) is 0.697. The predicted molar refractivity (Wildman–Crippen MR) is 78.3 cm³/mol. The minimum absolute atomic E-state index is 0.191. The predicted octanol–water partition coefficient (Wildman–Crippen LogP) is 3.82. The number of nitrogens with one attached hydrogen (secondary N) is 1. The topological polar surface area (TPSA) is 21.3 Å². The lowest BCUT2D eigenvalue weighted by Crippen LogP contribution is -2.33. The summed E-state index contributed by atoms with van der Waals surface area (Å²) in [5, 5.41) is 4.01. The molecule has 0 amide bonds. The molecule has 0 saturated carbocycles. The van der Waals surface area contributed by atoms with Gasteiger partial charge in [0.1, 0.15) is 5.82 Å². The molecule has 1 N–H and O–H groups in total. The highest BCUT2D eigenvalue weighted by atomic mass is 35.5. The van der Waals surface area contributed by atoms with Gasteiger partial charge in [0.05, 0.1) is 0 Å². The zero-order valence-corrected chi connectivity index (χ0v) is 12.5. The van der Waals surface area contributed by atoms with E-state index in [4.69, 9.17) is 16.3 Å². The average molecular weight is 288 g/mol. The van der Waals surface area contributed by atoms with Gasteiger partial charge in [0, 0.05) is 24.3 Å². The first-order valence-corrected chi connectivity index (χ1v) is 7.30. The number of hydrogen-bond acceptors (Lipinski definition) is 2. The maximum absolute atomic E-state index is 13.7. The number of ether oxygens (including phenoxy) is 1. The molecule has 0 spiro atoms. The first-order valence-electron chi connectivity index (χ1n) is 6.92. The third kappa shape index (κ3) is 6.37. The van der Waals surface area contributed by atoms with Crippen LogP contribution in [0.3, 0.4) is 0 Å². The number of benzene rings is 1. The summed E-state index contributed by atoms with van der Waals surface area (Å²) in [4.78, 5) is 0. The standard InChI is InChI=1S/C15H23ClFNO/c1-3-8-18-14(7-9-19-4-2)11-12-10-13(16)5-6-15(12)17/h5-6,10,14,18H,3-4,7-9,11H2,1-2H3. The molecule has 0 radical (unpaired) electrons. The maximum atomic E-state index is 13.7. The molecule has 0 fully saturated rings. The molecule has 1 aromatic carbocycles. The zero-order valence-electron chi connectivity index (χ0n) is 11.7. The van der Waals surface area contributed by atoms with Gasteiger partial charge in [-0.1, -0.05) is 18.5 Å². The van der Waals surface area contributed by atoms with Gasteiger partial charge in [0.2, 0.25) is 0 Å². The lowest BCUT2D eigenvalue weighted by Gasteiger charge is -2.19. The summed E-state index contributed by atoms with van der Waals surface area (Å²) in [5.41, 5.74) is 0.664. The van der Waals surface area contributed by atoms with Crippen molar-refractivity contribution in [3.63, 3.8) is 0 Å². The van der Waals surface area contributed by atoms with Crippen LogP contribution in [0.5, 0.6) is 0 Å². The van der Waals surface area contributed by atoms with Crippen molar-refractivity contribution < 1.29 is 9.13 Å². The summed E-state index contributed by atoms with van der Waals surface area (Å²) in [5.74, 6) is -0.191. The van der Waals surface area contributed by atoms with Gasteiger partial charge in [-0.15, -0.1) is 0 Å². The van der Waals surface area contributed by atoms with Crippen LogP contribution in [0.4, 0.5) is 4.39 Å². The summed E-state index contributed by atoms with van der Waals surface area (Å²) in [6, 6.07) is 4.93. The maximum Gasteiger partial charge on any atom is 0.126 e. The van der Waals surface area contributed by atoms with E-state index in [2.05, 4.69) is 12.2 Å². The SMILES string of the molecule is CCCNC(CCOCC)Cc1cc(Cl)ccc1F. The summed E-state index contributed by atoms with van der Waals surface area (Å²) in [6.07, 6.45) is 2.57. The molecular formula is C15H23ClFNO. The molecule has 4 heteroatoms. The van der Waals surface area contributed by atoms with Gasteiger partial charge in [-0.25, -0.2) is 4.39 Å². The van der Waals surface area contributed by atoms with E-state index < -0.39 is 0 Å². The molecule has 1 unspecified atom stereocenters. The third-order valence-corrected chi connectivity index (χ3v) is 3.21. The Morgan fingerprint density at radius 1 is 1.37 bits per heavy atom. The van der Waals surface area contributed by atoms with Crippen LogP contribution in [-0.4, -0.2) is 25.8 Å². The highest BCUT2D eigenvalue weighted by molar-refractivity contribution is 6.30. The van der Waals surface area contributed by atoms with Crippen LogP contribution in [0.1, 0.15) is 32.3 Å². The Morgan fingerprint density at radius 3 is 2.84 bits per heavy atom. The number of rotatable bonds is 9. The molecule has 19 heavy (non-hydrogen) atoms. The largest absolute Gasteiger partial charge is 0.382 e. The van der Waals surface area contributed by atoms with E-state index >= 15 is 0 Å². The second-order valence-corrected chi connectivity index (χ2v) is 5.01. The summed E-state index contributed by atoms with van der Waals surface area (Å²) < 4.78 is 19.1. The van der Waals surface area contributed by atoms with E-state index in [1.54, 1.807) is 12.1 Å². The van der Waals surface area contributed by atoms with Crippen LogP contribution in [0.25, 0.3) is 0 Å². The van der Waals surface area contributed by atoms with Crippen molar-refractivity contribution >= 4 is 11.6 Å². The van der Waals surface area contributed by atoms with Crippen molar-refractivity contribution in [1.82, 2.24) is 5.32 Å².